The average molecular weight is 408 g/mol. The molecule has 0 fully saturated rings. The third-order valence-electron chi connectivity index (χ3n) is 4.26. The van der Waals surface area contributed by atoms with E-state index in [1.54, 1.807) is 10.9 Å². The van der Waals surface area contributed by atoms with E-state index in [1.165, 1.54) is 23.3 Å². The number of hydrogen-bond acceptors (Lipinski definition) is 6. The number of rotatable bonds is 10. The first-order valence-electron chi connectivity index (χ1n) is 9.98. The molecule has 28 heavy (non-hydrogen) atoms. The molecule has 0 aliphatic heterocycles. The van der Waals surface area contributed by atoms with E-state index in [-0.39, 0.29) is 0 Å². The summed E-state index contributed by atoms with van der Waals surface area (Å²) in [5.41, 5.74) is 0.725. The Morgan fingerprint density at radius 3 is 2.68 bits per heavy atom. The summed E-state index contributed by atoms with van der Waals surface area (Å²) in [4.78, 5) is 19.6. The maximum atomic E-state index is 11.7. The summed E-state index contributed by atoms with van der Waals surface area (Å²) in [7, 11) is 0. The van der Waals surface area contributed by atoms with E-state index in [1.807, 2.05) is 33.2 Å². The van der Waals surface area contributed by atoms with Crippen LogP contribution in [0, 0.1) is 0 Å². The monoisotopic (exact) mass is 407 g/mol. The smallest absolute Gasteiger partial charge is 0.407 e. The van der Waals surface area contributed by atoms with Crippen molar-refractivity contribution in [1.82, 2.24) is 25.0 Å². The maximum absolute atomic E-state index is 11.7. The molecule has 0 bridgehead atoms. The molecule has 0 aliphatic carbocycles. The summed E-state index contributed by atoms with van der Waals surface area (Å²) in [5.74, 6) is 0. The lowest BCUT2D eigenvalue weighted by Gasteiger charge is -2.19. The molecule has 1 N–H and O–H groups in total. The molecule has 8 heteroatoms. The van der Waals surface area contributed by atoms with E-state index >= 15 is 0 Å². The van der Waals surface area contributed by atoms with Gasteiger partial charge in [-0.25, -0.2) is 14.5 Å². The highest BCUT2D eigenvalue weighted by atomic mass is 32.1. The molecular weight excluding hydrogens is 374 g/mol. The largest absolute Gasteiger partial charge is 0.444 e. The van der Waals surface area contributed by atoms with E-state index in [0.717, 1.165) is 42.5 Å². The van der Waals surface area contributed by atoms with Crippen molar-refractivity contribution in [2.45, 2.75) is 66.0 Å². The van der Waals surface area contributed by atoms with Gasteiger partial charge in [-0.05, 0) is 65.2 Å². The molecule has 0 atom stereocenters. The van der Waals surface area contributed by atoms with Crippen LogP contribution in [0.25, 0.3) is 5.13 Å². The summed E-state index contributed by atoms with van der Waals surface area (Å²) in [6.07, 6.45) is 8.69. The molecule has 1 amide bonds. The lowest BCUT2D eigenvalue weighted by molar-refractivity contribution is 0.0524. The number of ether oxygens (including phenoxy) is 1. The van der Waals surface area contributed by atoms with Gasteiger partial charge in [0, 0.05) is 17.3 Å². The Kier molecular flexibility index (Phi) is 8.44. The van der Waals surface area contributed by atoms with Crippen molar-refractivity contribution in [3.05, 3.63) is 29.0 Å². The van der Waals surface area contributed by atoms with Crippen LogP contribution in [-0.2, 0) is 17.7 Å². The molecule has 2 rings (SSSR count). The first-order chi connectivity index (χ1) is 13.3. The number of unbranched alkanes of at least 4 members (excludes halogenated alkanes) is 1. The molecule has 0 saturated carbocycles. The lowest BCUT2D eigenvalue weighted by atomic mass is 10.1. The number of nitrogens with one attached hydrogen (secondary N) is 1. The summed E-state index contributed by atoms with van der Waals surface area (Å²) in [6, 6.07) is 0. The minimum Gasteiger partial charge on any atom is -0.444 e. The molecule has 0 radical (unpaired) electrons. The Morgan fingerprint density at radius 2 is 2.00 bits per heavy atom. The Balaban J connectivity index is 1.79. The topological polar surface area (TPSA) is 72.3 Å². The van der Waals surface area contributed by atoms with Crippen LogP contribution in [0.4, 0.5) is 4.79 Å². The second kappa shape index (κ2) is 10.6. The summed E-state index contributed by atoms with van der Waals surface area (Å²) in [5, 5.41) is 7.99. The molecule has 7 nitrogen and oxygen atoms in total. The molecule has 2 aromatic rings. The molecule has 156 valence electrons. The molecule has 0 aromatic carbocycles. The quantitative estimate of drug-likeness (QED) is 0.602. The highest BCUT2D eigenvalue weighted by Gasteiger charge is 2.16. The highest BCUT2D eigenvalue weighted by molar-refractivity contribution is 7.14. The van der Waals surface area contributed by atoms with Crippen molar-refractivity contribution in [3.63, 3.8) is 0 Å². The number of amides is 1. The molecule has 0 spiro atoms. The zero-order chi connectivity index (χ0) is 20.6. The fourth-order valence-corrected chi connectivity index (χ4v) is 3.54. The van der Waals surface area contributed by atoms with E-state index < -0.39 is 11.7 Å². The number of nitrogens with zero attached hydrogens (tertiary/aromatic N) is 4. The highest BCUT2D eigenvalue weighted by Crippen LogP contribution is 2.18. The van der Waals surface area contributed by atoms with Crippen LogP contribution >= 0.6 is 11.3 Å². The number of aryl methyl sites for hydroxylation is 1. The number of carbonyl (C=O) groups excluding carboxylic acids is 1. The van der Waals surface area contributed by atoms with Crippen LogP contribution in [0.3, 0.4) is 0 Å². The van der Waals surface area contributed by atoms with Gasteiger partial charge < -0.3 is 15.0 Å². The van der Waals surface area contributed by atoms with Crippen LogP contribution in [0.5, 0.6) is 0 Å². The second-order valence-electron chi connectivity index (χ2n) is 7.74. The van der Waals surface area contributed by atoms with Crippen LogP contribution in [0.2, 0.25) is 0 Å². The van der Waals surface area contributed by atoms with Gasteiger partial charge in [-0.1, -0.05) is 25.2 Å². The molecular formula is C20H33N5O2S. The average Bonchev–Trinajstić information content (AvgIpc) is 3.28. The summed E-state index contributed by atoms with van der Waals surface area (Å²) < 4.78 is 7.05. The number of hydrogen-bond donors (Lipinski definition) is 1. The van der Waals surface area contributed by atoms with Gasteiger partial charge in [-0.3, -0.25) is 0 Å². The first-order valence-corrected chi connectivity index (χ1v) is 10.8. The van der Waals surface area contributed by atoms with Crippen LogP contribution in [-0.4, -0.2) is 51.0 Å². The SMILES string of the molecule is CCN(CC)CCCCc1cnn(-c2ncc(CNC(=O)OC(C)(C)C)s2)c1. The van der Waals surface area contributed by atoms with Gasteiger partial charge >= 0.3 is 6.09 Å². The van der Waals surface area contributed by atoms with Crippen molar-refractivity contribution in [3.8, 4) is 5.13 Å². The first kappa shape index (κ1) is 22.4. The van der Waals surface area contributed by atoms with Crippen molar-refractivity contribution < 1.29 is 9.53 Å². The van der Waals surface area contributed by atoms with Gasteiger partial charge in [-0.15, -0.1) is 0 Å². The van der Waals surface area contributed by atoms with Gasteiger partial charge in [-0.2, -0.15) is 5.10 Å². The Bertz CT molecular complexity index is 731. The minimum atomic E-state index is -0.500. The number of thiazole rings is 1. The molecule has 0 unspecified atom stereocenters. The minimum absolute atomic E-state index is 0.395. The molecule has 2 heterocycles. The second-order valence-corrected chi connectivity index (χ2v) is 8.84. The number of aromatic nitrogens is 3. The predicted molar refractivity (Wildman–Crippen MR) is 113 cm³/mol. The fourth-order valence-electron chi connectivity index (χ4n) is 2.76. The van der Waals surface area contributed by atoms with Gasteiger partial charge in [0.15, 0.2) is 0 Å². The van der Waals surface area contributed by atoms with E-state index in [4.69, 9.17) is 4.74 Å². The van der Waals surface area contributed by atoms with Gasteiger partial charge in [0.25, 0.3) is 0 Å². The van der Waals surface area contributed by atoms with E-state index in [9.17, 15) is 4.79 Å². The van der Waals surface area contributed by atoms with Crippen molar-refractivity contribution in [2.24, 2.45) is 0 Å². The van der Waals surface area contributed by atoms with Crippen molar-refractivity contribution in [2.75, 3.05) is 19.6 Å². The molecule has 2 aromatic heterocycles. The van der Waals surface area contributed by atoms with Crippen LogP contribution < -0.4 is 5.32 Å². The molecule has 0 saturated heterocycles. The summed E-state index contributed by atoms with van der Waals surface area (Å²) >= 11 is 1.51. The Morgan fingerprint density at radius 1 is 1.25 bits per heavy atom. The molecule has 0 aliphatic rings. The normalized spacial score (nSPS) is 11.8. The van der Waals surface area contributed by atoms with Gasteiger partial charge in [0.05, 0.1) is 12.7 Å². The maximum Gasteiger partial charge on any atom is 0.407 e. The standard InChI is InChI=1S/C20H33N5O2S/c1-6-24(7-2)11-9-8-10-16-12-23-25(15-16)18-21-13-17(28-18)14-22-19(26)27-20(3,4)5/h12-13,15H,6-11,14H2,1-5H3,(H,22,26). The van der Waals surface area contributed by atoms with Gasteiger partial charge in [0.1, 0.15) is 5.60 Å². The zero-order valence-electron chi connectivity index (χ0n) is 17.7. The Hall–Kier alpha value is -1.93. The van der Waals surface area contributed by atoms with Crippen molar-refractivity contribution >= 4 is 17.4 Å². The lowest BCUT2D eigenvalue weighted by Crippen LogP contribution is -2.31. The van der Waals surface area contributed by atoms with E-state index in [0.29, 0.717) is 6.54 Å². The van der Waals surface area contributed by atoms with E-state index in [2.05, 4.69) is 34.1 Å². The Labute approximate surface area is 172 Å². The third kappa shape index (κ3) is 7.59. The summed E-state index contributed by atoms with van der Waals surface area (Å²) in [6.45, 7) is 13.7. The van der Waals surface area contributed by atoms with Crippen LogP contribution in [0.1, 0.15) is 57.9 Å². The zero-order valence-corrected chi connectivity index (χ0v) is 18.5. The fraction of sp³-hybridized carbons (Fsp3) is 0.650. The number of alkyl carbamates (subject to hydrolysis) is 1. The van der Waals surface area contributed by atoms with Crippen LogP contribution in [0.15, 0.2) is 18.6 Å². The predicted octanol–water partition coefficient (Wildman–Crippen LogP) is 4.02. The number of carbonyl (C=O) groups is 1. The van der Waals surface area contributed by atoms with Gasteiger partial charge in [0.2, 0.25) is 5.13 Å². The third-order valence-corrected chi connectivity index (χ3v) is 5.25. The van der Waals surface area contributed by atoms with Crippen molar-refractivity contribution in [1.29, 1.82) is 0 Å².